The number of ether oxygens (including phenoxy) is 2. The van der Waals surface area contributed by atoms with Gasteiger partial charge < -0.3 is 20.5 Å². The van der Waals surface area contributed by atoms with Crippen LogP contribution in [0.3, 0.4) is 0 Å². The Balaban J connectivity index is 2.59. The van der Waals surface area contributed by atoms with Crippen molar-refractivity contribution in [1.82, 2.24) is 0 Å². The van der Waals surface area contributed by atoms with Crippen molar-refractivity contribution in [2.24, 2.45) is 5.92 Å². The summed E-state index contributed by atoms with van der Waals surface area (Å²) in [7, 11) is 3.16. The minimum Gasteiger partial charge on any atom is -0.495 e. The highest BCUT2D eigenvalue weighted by Gasteiger charge is 2.10. The molecule has 1 rings (SSSR count). The maximum Gasteiger partial charge on any atom is 0.224 e. The molecule has 0 saturated heterocycles. The van der Waals surface area contributed by atoms with Gasteiger partial charge in [-0.25, -0.2) is 0 Å². The summed E-state index contributed by atoms with van der Waals surface area (Å²) < 4.78 is 10.1. The first-order chi connectivity index (χ1) is 8.56. The first kappa shape index (κ1) is 14.3. The number of carbonyl (C=O) groups excluding carboxylic acids is 1. The van der Waals surface area contributed by atoms with E-state index < -0.39 is 0 Å². The van der Waals surface area contributed by atoms with Gasteiger partial charge in [0.05, 0.1) is 12.8 Å². The number of nitrogens with two attached hydrogens (primary N) is 1. The van der Waals surface area contributed by atoms with Crippen molar-refractivity contribution >= 4 is 17.3 Å². The summed E-state index contributed by atoms with van der Waals surface area (Å²) in [4.78, 5) is 11.7. The summed E-state index contributed by atoms with van der Waals surface area (Å²) in [6.45, 7) is 2.53. The summed E-state index contributed by atoms with van der Waals surface area (Å²) in [6, 6.07) is 5.15. The lowest BCUT2D eigenvalue weighted by molar-refractivity contribution is -0.117. The number of hydrogen-bond donors (Lipinski definition) is 2. The molecule has 1 atom stereocenters. The molecular weight excluding hydrogens is 232 g/mol. The topological polar surface area (TPSA) is 73.6 Å². The SMILES string of the molecule is COCC(C)CC(=O)Nc1ccc(N)c(OC)c1. The van der Waals surface area contributed by atoms with Gasteiger partial charge in [-0.05, 0) is 18.1 Å². The molecule has 5 heteroatoms. The van der Waals surface area contributed by atoms with Crippen LogP contribution >= 0.6 is 0 Å². The molecule has 0 aliphatic carbocycles. The Morgan fingerprint density at radius 3 is 2.78 bits per heavy atom. The molecule has 100 valence electrons. The lowest BCUT2D eigenvalue weighted by Gasteiger charge is -2.12. The van der Waals surface area contributed by atoms with Gasteiger partial charge >= 0.3 is 0 Å². The Morgan fingerprint density at radius 1 is 1.44 bits per heavy atom. The molecule has 0 aliphatic rings. The quantitative estimate of drug-likeness (QED) is 0.758. The van der Waals surface area contributed by atoms with Crippen LogP contribution in [-0.2, 0) is 9.53 Å². The highest BCUT2D eigenvalue weighted by Crippen LogP contribution is 2.25. The number of rotatable bonds is 6. The summed E-state index contributed by atoms with van der Waals surface area (Å²) in [5.74, 6) is 0.690. The summed E-state index contributed by atoms with van der Waals surface area (Å²) in [5, 5.41) is 2.80. The molecule has 0 aliphatic heterocycles. The lowest BCUT2D eigenvalue weighted by atomic mass is 10.1. The average molecular weight is 252 g/mol. The van der Waals surface area contributed by atoms with Gasteiger partial charge in [-0.1, -0.05) is 6.92 Å². The molecule has 1 amide bonds. The first-order valence-corrected chi connectivity index (χ1v) is 5.79. The molecule has 1 aromatic carbocycles. The largest absolute Gasteiger partial charge is 0.495 e. The Morgan fingerprint density at radius 2 is 2.17 bits per heavy atom. The van der Waals surface area contributed by atoms with Crippen LogP contribution in [0.5, 0.6) is 5.75 Å². The van der Waals surface area contributed by atoms with E-state index in [0.29, 0.717) is 30.2 Å². The van der Waals surface area contributed by atoms with Crippen LogP contribution in [0, 0.1) is 5.92 Å². The van der Waals surface area contributed by atoms with Crippen molar-refractivity contribution in [1.29, 1.82) is 0 Å². The number of hydrogen-bond acceptors (Lipinski definition) is 4. The van der Waals surface area contributed by atoms with Crippen molar-refractivity contribution in [3.8, 4) is 5.75 Å². The zero-order valence-electron chi connectivity index (χ0n) is 11.0. The lowest BCUT2D eigenvalue weighted by Crippen LogP contribution is -2.17. The van der Waals surface area contributed by atoms with Crippen LogP contribution in [0.2, 0.25) is 0 Å². The highest BCUT2D eigenvalue weighted by atomic mass is 16.5. The Bertz CT molecular complexity index is 407. The number of benzene rings is 1. The predicted octanol–water partition coefficient (Wildman–Crippen LogP) is 1.89. The smallest absolute Gasteiger partial charge is 0.224 e. The van der Waals surface area contributed by atoms with Gasteiger partial charge in [0.1, 0.15) is 5.75 Å². The fourth-order valence-electron chi connectivity index (χ4n) is 1.66. The van der Waals surface area contributed by atoms with Crippen molar-refractivity contribution in [2.75, 3.05) is 31.9 Å². The fraction of sp³-hybridized carbons (Fsp3) is 0.462. The molecule has 1 aromatic rings. The second kappa shape index (κ2) is 6.86. The maximum atomic E-state index is 11.7. The molecule has 0 spiro atoms. The van der Waals surface area contributed by atoms with Crippen LogP contribution in [0.4, 0.5) is 11.4 Å². The van der Waals surface area contributed by atoms with E-state index in [1.54, 1.807) is 25.3 Å². The summed E-state index contributed by atoms with van der Waals surface area (Å²) in [5.41, 5.74) is 6.92. The summed E-state index contributed by atoms with van der Waals surface area (Å²) >= 11 is 0. The van der Waals surface area contributed by atoms with Crippen molar-refractivity contribution in [3.63, 3.8) is 0 Å². The second-order valence-electron chi connectivity index (χ2n) is 4.27. The van der Waals surface area contributed by atoms with E-state index in [9.17, 15) is 4.79 Å². The van der Waals surface area contributed by atoms with Crippen molar-refractivity contribution in [3.05, 3.63) is 18.2 Å². The van der Waals surface area contributed by atoms with Crippen molar-refractivity contribution in [2.45, 2.75) is 13.3 Å². The Hall–Kier alpha value is -1.75. The van der Waals surface area contributed by atoms with Gasteiger partial charge in [0.2, 0.25) is 5.91 Å². The predicted molar refractivity (Wildman–Crippen MR) is 71.7 cm³/mol. The molecule has 5 nitrogen and oxygen atoms in total. The van der Waals surface area contributed by atoms with Crippen molar-refractivity contribution < 1.29 is 14.3 Å². The maximum absolute atomic E-state index is 11.7. The number of nitrogen functional groups attached to an aromatic ring is 1. The molecule has 3 N–H and O–H groups in total. The number of amides is 1. The van der Waals surface area contributed by atoms with Crippen LogP contribution in [0.15, 0.2) is 18.2 Å². The molecule has 0 heterocycles. The van der Waals surface area contributed by atoms with E-state index in [4.69, 9.17) is 15.2 Å². The van der Waals surface area contributed by atoms with E-state index in [-0.39, 0.29) is 11.8 Å². The van der Waals surface area contributed by atoms with Gasteiger partial charge in [0.15, 0.2) is 0 Å². The first-order valence-electron chi connectivity index (χ1n) is 5.79. The van der Waals surface area contributed by atoms with Gasteiger partial charge in [-0.3, -0.25) is 4.79 Å². The van der Waals surface area contributed by atoms with Gasteiger partial charge in [0, 0.05) is 31.9 Å². The van der Waals surface area contributed by atoms with Crippen LogP contribution in [0.25, 0.3) is 0 Å². The molecule has 0 aromatic heterocycles. The number of methoxy groups -OCH3 is 2. The Kier molecular flexibility index (Phi) is 5.45. The molecule has 0 radical (unpaired) electrons. The van der Waals surface area contributed by atoms with E-state index in [0.717, 1.165) is 0 Å². The Labute approximate surface area is 107 Å². The normalized spacial score (nSPS) is 11.9. The molecule has 0 saturated carbocycles. The van der Waals surface area contributed by atoms with E-state index >= 15 is 0 Å². The van der Waals surface area contributed by atoms with Crippen LogP contribution < -0.4 is 15.8 Å². The summed E-state index contributed by atoms with van der Waals surface area (Å²) in [6.07, 6.45) is 0.417. The van der Waals surface area contributed by atoms with E-state index in [1.807, 2.05) is 6.92 Å². The molecule has 0 bridgehead atoms. The minimum absolute atomic E-state index is 0.0497. The highest BCUT2D eigenvalue weighted by molar-refractivity contribution is 5.91. The van der Waals surface area contributed by atoms with E-state index in [2.05, 4.69) is 5.32 Å². The van der Waals surface area contributed by atoms with Gasteiger partial charge in [-0.15, -0.1) is 0 Å². The zero-order valence-corrected chi connectivity index (χ0v) is 11.0. The molecule has 0 fully saturated rings. The number of nitrogens with one attached hydrogen (secondary N) is 1. The zero-order chi connectivity index (χ0) is 13.5. The average Bonchev–Trinajstić information content (AvgIpc) is 2.31. The number of carbonyl (C=O) groups is 1. The second-order valence-corrected chi connectivity index (χ2v) is 4.27. The molecular formula is C13H20N2O3. The van der Waals surface area contributed by atoms with Gasteiger partial charge in [-0.2, -0.15) is 0 Å². The number of anilines is 2. The third kappa shape index (κ3) is 4.25. The third-order valence-corrected chi connectivity index (χ3v) is 2.50. The third-order valence-electron chi connectivity index (χ3n) is 2.50. The van der Waals surface area contributed by atoms with Gasteiger partial charge in [0.25, 0.3) is 0 Å². The standard InChI is InChI=1S/C13H20N2O3/c1-9(8-17-2)6-13(16)15-10-4-5-11(14)12(7-10)18-3/h4-5,7,9H,6,8,14H2,1-3H3,(H,15,16). The monoisotopic (exact) mass is 252 g/mol. The fourth-order valence-corrected chi connectivity index (χ4v) is 1.66. The molecule has 18 heavy (non-hydrogen) atoms. The van der Waals surface area contributed by atoms with E-state index in [1.165, 1.54) is 7.11 Å². The van der Waals surface area contributed by atoms with Crippen LogP contribution in [0.1, 0.15) is 13.3 Å². The molecule has 1 unspecified atom stereocenters. The van der Waals surface area contributed by atoms with Crippen LogP contribution in [-0.4, -0.2) is 26.7 Å². The minimum atomic E-state index is -0.0497.